The molecule has 0 saturated carbocycles. The lowest BCUT2D eigenvalue weighted by Crippen LogP contribution is -2.30. The third-order valence-electron chi connectivity index (χ3n) is 15.3. The maximum absolute atomic E-state index is 13.1. The van der Waals surface area contributed by atoms with Crippen LogP contribution in [-0.4, -0.2) is 96.7 Å². The molecule has 0 aromatic heterocycles. The molecule has 3 N–H and O–H groups in total. The highest BCUT2D eigenvalue weighted by atomic mass is 31.2. The minimum absolute atomic E-state index is 0.0272. The van der Waals surface area contributed by atoms with Crippen LogP contribution in [0.3, 0.4) is 0 Å². The number of hydrogen-bond acceptors (Lipinski definition) is 15. The molecule has 0 radical (unpaired) electrons. The number of allylic oxidation sites excluding steroid dienone is 30. The number of aliphatic hydroxyl groups is 1. The number of ether oxygens (including phenoxy) is 4. The molecule has 0 aliphatic carbocycles. The van der Waals surface area contributed by atoms with Crippen LogP contribution in [0.2, 0.25) is 0 Å². The molecule has 19 heteroatoms. The average molecular weight is 1490 g/mol. The van der Waals surface area contributed by atoms with Crippen molar-refractivity contribution in [2.45, 2.75) is 290 Å². The summed E-state index contributed by atoms with van der Waals surface area (Å²) < 4.78 is 68.4. The summed E-state index contributed by atoms with van der Waals surface area (Å²) in [4.78, 5) is 72.9. The lowest BCUT2D eigenvalue weighted by molar-refractivity contribution is -0.161. The van der Waals surface area contributed by atoms with E-state index in [1.165, 1.54) is 6.42 Å². The van der Waals surface area contributed by atoms with Gasteiger partial charge in [-0.2, -0.15) is 0 Å². The summed E-state index contributed by atoms with van der Waals surface area (Å²) in [7, 11) is -10.0. The molecular weight excluding hydrogens is 1350 g/mol. The Morgan fingerprint density at radius 2 is 0.500 bits per heavy atom. The van der Waals surface area contributed by atoms with E-state index in [4.69, 9.17) is 37.0 Å². The van der Waals surface area contributed by atoms with Crippen molar-refractivity contribution in [3.63, 3.8) is 0 Å². The van der Waals surface area contributed by atoms with E-state index in [1.807, 2.05) is 0 Å². The second kappa shape index (κ2) is 75.4. The van der Waals surface area contributed by atoms with Crippen LogP contribution in [0.5, 0.6) is 0 Å². The van der Waals surface area contributed by atoms with Crippen LogP contribution >= 0.6 is 15.6 Å². The first-order valence-electron chi connectivity index (χ1n) is 39.0. The number of rotatable bonds is 71. The van der Waals surface area contributed by atoms with E-state index in [2.05, 4.69) is 210 Å². The first-order chi connectivity index (χ1) is 50.7. The monoisotopic (exact) mass is 1490 g/mol. The summed E-state index contributed by atoms with van der Waals surface area (Å²) in [5.74, 6) is -2.33. The van der Waals surface area contributed by atoms with E-state index in [0.717, 1.165) is 180 Å². The van der Waals surface area contributed by atoms with E-state index in [1.54, 1.807) is 0 Å². The van der Waals surface area contributed by atoms with Gasteiger partial charge in [0.2, 0.25) is 0 Å². The lowest BCUT2D eigenvalue weighted by atomic mass is 10.1. The molecule has 0 spiro atoms. The number of unbranched alkanes of at least 4 members (excludes halogenated alkanes) is 15. The Balaban J connectivity index is 5.44. The van der Waals surface area contributed by atoms with Crippen LogP contribution in [-0.2, 0) is 65.4 Å². The van der Waals surface area contributed by atoms with Crippen LogP contribution in [0.25, 0.3) is 0 Å². The molecule has 0 aromatic carbocycles. The fourth-order valence-corrected chi connectivity index (χ4v) is 11.1. The van der Waals surface area contributed by atoms with Crippen molar-refractivity contribution in [3.8, 4) is 0 Å². The summed E-state index contributed by atoms with van der Waals surface area (Å²) in [5, 5.41) is 10.6. The van der Waals surface area contributed by atoms with Gasteiger partial charge in [0.15, 0.2) is 12.2 Å². The third kappa shape index (κ3) is 74.4. The highest BCUT2D eigenvalue weighted by Gasteiger charge is 2.30. The molecule has 5 atom stereocenters. The van der Waals surface area contributed by atoms with Crippen LogP contribution in [0, 0.1) is 0 Å². The molecule has 0 heterocycles. The van der Waals surface area contributed by atoms with E-state index >= 15 is 0 Å². The Morgan fingerprint density at radius 3 is 0.808 bits per heavy atom. The van der Waals surface area contributed by atoms with Gasteiger partial charge in [-0.1, -0.05) is 255 Å². The fourth-order valence-electron chi connectivity index (χ4n) is 9.48. The zero-order chi connectivity index (χ0) is 76.0. The minimum atomic E-state index is -5.01. The van der Waals surface area contributed by atoms with Crippen molar-refractivity contribution in [2.24, 2.45) is 0 Å². The number of phosphoric acid groups is 2. The van der Waals surface area contributed by atoms with Gasteiger partial charge in [-0.05, 0) is 173 Å². The molecule has 104 heavy (non-hydrogen) atoms. The molecule has 0 aliphatic rings. The highest BCUT2D eigenvalue weighted by Crippen LogP contribution is 2.45. The number of carbonyl (C=O) groups excluding carboxylic acids is 4. The predicted octanol–water partition coefficient (Wildman–Crippen LogP) is 22.8. The van der Waals surface area contributed by atoms with Crippen molar-refractivity contribution in [2.75, 3.05) is 39.6 Å². The van der Waals surface area contributed by atoms with Gasteiger partial charge in [-0.3, -0.25) is 37.3 Å². The number of aliphatic hydroxyl groups excluding tert-OH is 1. The van der Waals surface area contributed by atoms with Gasteiger partial charge in [-0.25, -0.2) is 9.13 Å². The molecule has 588 valence electrons. The van der Waals surface area contributed by atoms with Crippen molar-refractivity contribution >= 4 is 39.5 Å². The van der Waals surface area contributed by atoms with Crippen molar-refractivity contribution in [3.05, 3.63) is 182 Å². The molecular formula is C85H136O17P2. The molecule has 0 rings (SSSR count). The number of carbonyl (C=O) groups is 4. The summed E-state index contributed by atoms with van der Waals surface area (Å²) >= 11 is 0. The Hall–Kier alpha value is -5.84. The number of esters is 4. The van der Waals surface area contributed by atoms with Crippen LogP contribution in [0.15, 0.2) is 182 Å². The van der Waals surface area contributed by atoms with Gasteiger partial charge in [-0.15, -0.1) is 0 Å². The quantitative estimate of drug-likeness (QED) is 0.0169. The van der Waals surface area contributed by atoms with Crippen molar-refractivity contribution in [1.82, 2.24) is 0 Å². The fraction of sp³-hybridized carbons (Fsp3) is 0.600. The van der Waals surface area contributed by atoms with Crippen molar-refractivity contribution < 1.29 is 80.2 Å². The van der Waals surface area contributed by atoms with Gasteiger partial charge in [0.1, 0.15) is 19.3 Å². The van der Waals surface area contributed by atoms with Gasteiger partial charge in [0.05, 0.1) is 26.4 Å². The standard InChI is InChI=1S/C85H136O17P2/c1-5-9-13-17-21-25-29-32-35-37-39-41-44-46-50-53-57-61-65-69-82(87)95-75-80(101-84(89)71-67-63-59-55-49-28-24-20-16-12-8-4)77-99-103(91,92)97-73-79(86)74-98-104(93,94)100-78-81(102-85(90)72-68-64-60-56-52-48-43-34-31-27-23-19-15-11-7-3)76-96-83(88)70-66-62-58-54-51-47-45-42-40-38-36-33-30-26-22-18-14-10-6-2/h9-11,13-15,20-27,32-36,39-43,46-47,50-52,56,79-81,86H,5-8,12,16-19,28-31,37-38,44-45,48-49,53-55,57-78H2,1-4H3,(H,91,92)(H,93,94)/b13-9-,14-10-,15-11-,24-20-,25-21-,26-22-,27-23-,35-32-,36-33-,41-39-,42-40-,43-34-,50-46-,51-47-,56-52-. The molecule has 0 bridgehead atoms. The Kier molecular flexibility index (Phi) is 71.2. The first kappa shape index (κ1) is 98.2. The summed E-state index contributed by atoms with van der Waals surface area (Å²) in [6.45, 7) is 4.32. The highest BCUT2D eigenvalue weighted by molar-refractivity contribution is 7.47. The Morgan fingerprint density at radius 1 is 0.279 bits per heavy atom. The molecule has 0 amide bonds. The summed E-state index contributed by atoms with van der Waals surface area (Å²) in [6, 6.07) is 0. The van der Waals surface area contributed by atoms with E-state index in [9.17, 15) is 43.2 Å². The maximum atomic E-state index is 13.1. The summed E-state index contributed by atoms with van der Waals surface area (Å²) in [6.07, 6.45) is 90.3. The molecule has 0 aliphatic heterocycles. The molecule has 5 unspecified atom stereocenters. The zero-order valence-corrected chi connectivity index (χ0v) is 65.9. The van der Waals surface area contributed by atoms with E-state index in [0.29, 0.717) is 32.1 Å². The van der Waals surface area contributed by atoms with E-state index in [-0.39, 0.29) is 25.7 Å². The van der Waals surface area contributed by atoms with Crippen LogP contribution in [0.4, 0.5) is 0 Å². The molecule has 0 aromatic rings. The average Bonchev–Trinajstić information content (AvgIpc) is 0.929. The van der Waals surface area contributed by atoms with Crippen LogP contribution in [0.1, 0.15) is 272 Å². The maximum Gasteiger partial charge on any atom is 0.472 e. The zero-order valence-electron chi connectivity index (χ0n) is 64.1. The molecule has 17 nitrogen and oxygen atoms in total. The first-order valence-corrected chi connectivity index (χ1v) is 42.0. The SMILES string of the molecule is CC/C=C\C/C=C\C/C=C\C/C=C\C/C=C\CCCCCC(=O)OCC(COP(=O)(O)OCC(O)COP(=O)(O)OCC(COC(=O)CCCCC/C=C\C/C=C\C/C=C\C/C=C\C/C=C\CC)OC(=O)CCCCCCC/C=C\CCCC)OC(=O)CCCC/C=C\C/C=C\C/C=C\C/C=C\CC. The smallest absolute Gasteiger partial charge is 0.462 e. The van der Waals surface area contributed by atoms with Crippen LogP contribution < -0.4 is 0 Å². The van der Waals surface area contributed by atoms with Gasteiger partial charge in [0.25, 0.3) is 0 Å². The lowest BCUT2D eigenvalue weighted by Gasteiger charge is -2.21. The number of hydrogen-bond donors (Lipinski definition) is 3. The Labute approximate surface area is 628 Å². The largest absolute Gasteiger partial charge is 0.472 e. The normalized spacial score (nSPS) is 14.9. The minimum Gasteiger partial charge on any atom is -0.462 e. The molecule has 0 fully saturated rings. The predicted molar refractivity (Wildman–Crippen MR) is 426 cm³/mol. The molecule has 0 saturated heterocycles. The topological polar surface area (TPSA) is 237 Å². The second-order valence-corrected chi connectivity index (χ2v) is 28.1. The summed E-state index contributed by atoms with van der Waals surface area (Å²) in [5.41, 5.74) is 0. The van der Waals surface area contributed by atoms with Gasteiger partial charge in [0, 0.05) is 25.7 Å². The van der Waals surface area contributed by atoms with Crippen molar-refractivity contribution in [1.29, 1.82) is 0 Å². The second-order valence-electron chi connectivity index (χ2n) is 25.1. The number of phosphoric ester groups is 2. The van der Waals surface area contributed by atoms with Gasteiger partial charge >= 0.3 is 39.5 Å². The van der Waals surface area contributed by atoms with E-state index < -0.39 is 97.5 Å². The Bertz CT molecular complexity index is 2690. The third-order valence-corrected chi connectivity index (χ3v) is 17.2. The van der Waals surface area contributed by atoms with Gasteiger partial charge < -0.3 is 33.8 Å².